The number of Topliss-reactive ketones (excluding diaryl/α,β-unsaturated/α-hetero) is 1. The summed E-state index contributed by atoms with van der Waals surface area (Å²) in [6.45, 7) is 0. The average molecular weight is 434 g/mol. The Hall–Kier alpha value is -2.08. The van der Waals surface area contributed by atoms with Crippen molar-refractivity contribution in [2.24, 2.45) is 0 Å². The molecular weight excluding hydrogens is 421 g/mol. The fraction of sp³-hybridized carbons (Fsp3) is 0.0500. The molecule has 0 atom stereocenters. The summed E-state index contributed by atoms with van der Waals surface area (Å²) in [5.41, 5.74) is 0.690. The Labute approximate surface area is 152 Å². The van der Waals surface area contributed by atoms with Crippen LogP contribution >= 0.6 is 22.6 Å². The highest BCUT2D eigenvalue weighted by Crippen LogP contribution is 2.34. The fourth-order valence-corrected chi connectivity index (χ4v) is 3.38. The molecule has 120 valence electrons. The molecule has 0 unspecified atom stereocenters. The van der Waals surface area contributed by atoms with Crippen LogP contribution in [0.2, 0.25) is 0 Å². The Morgan fingerprint density at radius 3 is 2.25 bits per heavy atom. The molecule has 3 aromatic carbocycles. The second-order valence-corrected chi connectivity index (χ2v) is 6.50. The smallest absolute Gasteiger partial charge is 0.287 e. The maximum absolute atomic E-state index is 14.4. The lowest BCUT2D eigenvalue weighted by Crippen LogP contribution is -2.26. The molecule has 24 heavy (non-hydrogen) atoms. The minimum atomic E-state index is -3.56. The number of hydrogen-bond donors (Lipinski definition) is 0. The maximum Gasteiger partial charge on any atom is 0.329 e. The van der Waals surface area contributed by atoms with Gasteiger partial charge in [0.1, 0.15) is 0 Å². The number of rotatable bonds is 4. The highest BCUT2D eigenvalue weighted by atomic mass is 127. The van der Waals surface area contributed by atoms with Gasteiger partial charge >= 0.3 is 5.92 Å². The number of halogens is 3. The summed E-state index contributed by atoms with van der Waals surface area (Å²) in [4.78, 5) is 12.1. The molecule has 0 fully saturated rings. The van der Waals surface area contributed by atoms with Crippen molar-refractivity contribution in [3.8, 4) is 0 Å². The van der Waals surface area contributed by atoms with Crippen molar-refractivity contribution >= 4 is 42.7 Å². The van der Waals surface area contributed by atoms with E-state index in [1.165, 1.54) is 12.1 Å². The van der Waals surface area contributed by atoms with Crippen LogP contribution in [0.1, 0.15) is 15.9 Å². The molecule has 0 aromatic heterocycles. The van der Waals surface area contributed by atoms with Gasteiger partial charge in [0.05, 0.1) is 0 Å². The summed E-state index contributed by atoms with van der Waals surface area (Å²) in [5, 5.41) is 1.85. The summed E-state index contributed by atoms with van der Waals surface area (Å²) >= 11 is 1.86. The predicted octanol–water partition coefficient (Wildman–Crippen LogP) is 6.13. The van der Waals surface area contributed by atoms with E-state index in [0.29, 0.717) is 9.14 Å². The number of fused-ring (bicyclic) bond motifs is 1. The first-order valence-corrected chi connectivity index (χ1v) is 8.41. The first-order valence-electron chi connectivity index (χ1n) is 7.33. The largest absolute Gasteiger partial charge is 0.329 e. The van der Waals surface area contributed by atoms with Crippen LogP contribution in [-0.2, 0) is 0 Å². The van der Waals surface area contributed by atoms with Crippen molar-refractivity contribution < 1.29 is 13.6 Å². The fourth-order valence-electron chi connectivity index (χ4n) is 2.52. The van der Waals surface area contributed by atoms with E-state index >= 15 is 0 Å². The summed E-state index contributed by atoms with van der Waals surface area (Å²) in [6, 6.07) is 20.7. The van der Waals surface area contributed by atoms with E-state index in [-0.39, 0.29) is 5.56 Å². The van der Waals surface area contributed by atoms with Crippen LogP contribution in [0.15, 0.2) is 78.9 Å². The molecular formula is C20H13F2IO. The zero-order valence-electron chi connectivity index (χ0n) is 12.5. The number of carbonyl (C=O) groups is 1. The van der Waals surface area contributed by atoms with E-state index in [1.54, 1.807) is 24.3 Å². The van der Waals surface area contributed by atoms with Crippen molar-refractivity contribution in [1.29, 1.82) is 0 Å². The maximum atomic E-state index is 14.4. The minimum absolute atomic E-state index is 0.000805. The van der Waals surface area contributed by atoms with Gasteiger partial charge in [0.15, 0.2) is 0 Å². The van der Waals surface area contributed by atoms with Crippen LogP contribution in [-0.4, -0.2) is 11.7 Å². The van der Waals surface area contributed by atoms with Crippen LogP contribution in [0.5, 0.6) is 0 Å². The second kappa shape index (κ2) is 6.81. The van der Waals surface area contributed by atoms with Gasteiger partial charge in [-0.2, -0.15) is 8.78 Å². The highest BCUT2D eigenvalue weighted by Gasteiger charge is 2.37. The van der Waals surface area contributed by atoms with Gasteiger partial charge < -0.3 is 0 Å². The molecule has 4 heteroatoms. The number of hydrogen-bond acceptors (Lipinski definition) is 1. The molecule has 0 radical (unpaired) electrons. The third kappa shape index (κ3) is 3.38. The number of ketones is 1. The van der Waals surface area contributed by atoms with Gasteiger partial charge in [-0.05, 0) is 38.9 Å². The van der Waals surface area contributed by atoms with Crippen LogP contribution in [0, 0.1) is 0 Å². The Morgan fingerprint density at radius 2 is 1.50 bits per heavy atom. The highest BCUT2D eigenvalue weighted by molar-refractivity contribution is 14.1. The van der Waals surface area contributed by atoms with Crippen molar-refractivity contribution in [2.45, 2.75) is 5.92 Å². The second-order valence-electron chi connectivity index (χ2n) is 5.34. The van der Waals surface area contributed by atoms with Gasteiger partial charge in [0, 0.05) is 15.2 Å². The molecule has 0 saturated carbocycles. The average Bonchev–Trinajstić information content (AvgIpc) is 2.61. The Kier molecular flexibility index (Phi) is 4.76. The number of allylic oxidation sites excluding steroid dienone is 1. The number of alkyl halides is 2. The van der Waals surface area contributed by atoms with Gasteiger partial charge in [-0.25, -0.2) is 0 Å². The Morgan fingerprint density at radius 1 is 0.875 bits per heavy atom. The first-order chi connectivity index (χ1) is 11.5. The lowest BCUT2D eigenvalue weighted by atomic mass is 10.0. The molecule has 0 spiro atoms. The standard InChI is InChI=1S/C20H13F2IO/c21-20(22,19(24)15-8-2-1-3-9-15)13-18(23)17-12-6-10-14-7-4-5-11-16(14)17/h1-13H/b18-13+. The van der Waals surface area contributed by atoms with Crippen molar-refractivity contribution in [3.63, 3.8) is 0 Å². The predicted molar refractivity (Wildman–Crippen MR) is 102 cm³/mol. The quantitative estimate of drug-likeness (QED) is 0.357. The molecule has 0 aliphatic carbocycles. The zero-order chi connectivity index (χ0) is 17.2. The lowest BCUT2D eigenvalue weighted by molar-refractivity contribution is 0.0385. The van der Waals surface area contributed by atoms with Crippen LogP contribution in [0.4, 0.5) is 8.78 Å². The molecule has 0 bridgehead atoms. The van der Waals surface area contributed by atoms with Gasteiger partial charge in [-0.1, -0.05) is 72.8 Å². The third-order valence-electron chi connectivity index (χ3n) is 3.69. The monoisotopic (exact) mass is 434 g/mol. The van der Waals surface area contributed by atoms with Crippen molar-refractivity contribution in [1.82, 2.24) is 0 Å². The number of carbonyl (C=O) groups excluding carboxylic acids is 1. The molecule has 0 aliphatic rings. The molecule has 3 aromatic rings. The van der Waals surface area contributed by atoms with E-state index in [4.69, 9.17) is 0 Å². The minimum Gasteiger partial charge on any atom is -0.287 e. The van der Waals surface area contributed by atoms with Crippen LogP contribution in [0.3, 0.4) is 0 Å². The molecule has 0 amide bonds. The van der Waals surface area contributed by atoms with Gasteiger partial charge in [0.2, 0.25) is 5.78 Å². The topological polar surface area (TPSA) is 17.1 Å². The summed E-state index contributed by atoms with van der Waals surface area (Å²) in [5.74, 6) is -4.76. The summed E-state index contributed by atoms with van der Waals surface area (Å²) in [7, 11) is 0. The molecule has 3 rings (SSSR count). The van der Waals surface area contributed by atoms with Gasteiger partial charge in [0.25, 0.3) is 0 Å². The summed E-state index contributed by atoms with van der Waals surface area (Å²) in [6.07, 6.45) is 0.741. The van der Waals surface area contributed by atoms with Gasteiger partial charge in [-0.15, -0.1) is 0 Å². The Bertz CT molecular complexity index is 912. The summed E-state index contributed by atoms with van der Waals surface area (Å²) < 4.78 is 29.2. The van der Waals surface area contributed by atoms with E-state index in [9.17, 15) is 13.6 Å². The first kappa shape index (κ1) is 16.8. The molecule has 0 N–H and O–H groups in total. The van der Waals surface area contributed by atoms with Crippen molar-refractivity contribution in [3.05, 3.63) is 90.0 Å². The molecule has 0 aliphatic heterocycles. The van der Waals surface area contributed by atoms with E-state index in [1.807, 2.05) is 59.0 Å². The molecule has 1 nitrogen and oxygen atoms in total. The van der Waals surface area contributed by atoms with Crippen LogP contribution < -0.4 is 0 Å². The van der Waals surface area contributed by atoms with E-state index in [0.717, 1.165) is 16.8 Å². The van der Waals surface area contributed by atoms with E-state index < -0.39 is 11.7 Å². The van der Waals surface area contributed by atoms with Crippen molar-refractivity contribution in [2.75, 3.05) is 0 Å². The molecule has 0 heterocycles. The van der Waals surface area contributed by atoms with Crippen LogP contribution in [0.25, 0.3) is 14.4 Å². The SMILES string of the molecule is O=C(c1ccccc1)C(F)(F)/C=C(/I)c1cccc2ccccc12. The zero-order valence-corrected chi connectivity index (χ0v) is 14.7. The third-order valence-corrected chi connectivity index (χ3v) is 4.59. The Balaban J connectivity index is 2.01. The van der Waals surface area contributed by atoms with E-state index in [2.05, 4.69) is 0 Å². The normalized spacial score (nSPS) is 12.4. The van der Waals surface area contributed by atoms with Gasteiger partial charge in [-0.3, -0.25) is 4.79 Å². The lowest BCUT2D eigenvalue weighted by Gasteiger charge is -2.13. The number of benzene rings is 3. The molecule has 0 saturated heterocycles.